The van der Waals surface area contributed by atoms with Crippen molar-refractivity contribution in [2.75, 3.05) is 18.9 Å². The Kier molecular flexibility index (Phi) is 7.05. The molecule has 2 aromatic heterocycles. The number of sulfonamides is 1. The second kappa shape index (κ2) is 10.3. The number of benzene rings is 2. The van der Waals surface area contributed by atoms with Crippen LogP contribution in [0.3, 0.4) is 0 Å². The third-order valence-electron chi connectivity index (χ3n) is 6.45. The van der Waals surface area contributed by atoms with E-state index in [1.165, 1.54) is 30.3 Å². The van der Waals surface area contributed by atoms with Gasteiger partial charge in [0.15, 0.2) is 0 Å². The fraction of sp³-hybridized carbons (Fsp3) is 0.269. The number of hydrogen-bond donors (Lipinski definition) is 2. The van der Waals surface area contributed by atoms with Crippen molar-refractivity contribution in [1.82, 2.24) is 19.9 Å². The van der Waals surface area contributed by atoms with Gasteiger partial charge in [-0.25, -0.2) is 27.2 Å². The van der Waals surface area contributed by atoms with Crippen molar-refractivity contribution in [3.63, 3.8) is 0 Å². The maximum Gasteiger partial charge on any atom is 0.262 e. The molecule has 1 fully saturated rings. The highest BCUT2D eigenvalue weighted by molar-refractivity contribution is 7.92. The van der Waals surface area contributed by atoms with Crippen molar-refractivity contribution in [2.24, 2.45) is 5.92 Å². The van der Waals surface area contributed by atoms with Crippen LogP contribution < -0.4 is 20.3 Å². The molecule has 3 atom stereocenters. The van der Waals surface area contributed by atoms with Gasteiger partial charge < -0.3 is 9.47 Å². The summed E-state index contributed by atoms with van der Waals surface area (Å²) in [5.41, 5.74) is 1.25. The highest BCUT2D eigenvalue weighted by atomic mass is 32.2. The minimum absolute atomic E-state index is 0.0142. The van der Waals surface area contributed by atoms with Gasteiger partial charge in [0.05, 0.1) is 29.2 Å². The Balaban J connectivity index is 1.48. The first-order valence-electron chi connectivity index (χ1n) is 11.9. The number of nitrogens with zero attached hydrogens (tertiary/aromatic N) is 3. The smallest absolute Gasteiger partial charge is 0.262 e. The van der Waals surface area contributed by atoms with Gasteiger partial charge in [-0.2, -0.15) is 0 Å². The molecule has 2 aromatic carbocycles. The first-order chi connectivity index (χ1) is 18.6. The summed E-state index contributed by atoms with van der Waals surface area (Å²) in [6.45, 7) is 2.42. The monoisotopic (exact) mass is 557 g/mol. The SMILES string of the molecule is CNC1OC1[C@@H](C)Cn1cnc2ccc(-c3cnc(OC)c(NS(=O)(=O)c4cc(F)cc(F)c4)c3)cc2c1=O. The van der Waals surface area contributed by atoms with E-state index in [2.05, 4.69) is 20.0 Å². The lowest BCUT2D eigenvalue weighted by Crippen LogP contribution is -2.27. The number of fused-ring (bicyclic) bond motifs is 1. The van der Waals surface area contributed by atoms with Gasteiger partial charge in [0, 0.05) is 30.3 Å². The average Bonchev–Trinajstić information content (AvgIpc) is 3.70. The van der Waals surface area contributed by atoms with Gasteiger partial charge in [-0.1, -0.05) is 13.0 Å². The summed E-state index contributed by atoms with van der Waals surface area (Å²) >= 11 is 0. The summed E-state index contributed by atoms with van der Waals surface area (Å²) < 4.78 is 67.6. The zero-order valence-electron chi connectivity index (χ0n) is 21.2. The number of anilines is 1. The number of rotatable bonds is 9. The van der Waals surface area contributed by atoms with E-state index >= 15 is 0 Å². The molecule has 0 saturated carbocycles. The van der Waals surface area contributed by atoms with Crippen molar-refractivity contribution in [3.8, 4) is 17.0 Å². The van der Waals surface area contributed by atoms with Crippen LogP contribution in [0.2, 0.25) is 0 Å². The van der Waals surface area contributed by atoms with E-state index in [9.17, 15) is 22.0 Å². The lowest BCUT2D eigenvalue weighted by atomic mass is 10.0. The van der Waals surface area contributed by atoms with Crippen LogP contribution in [0.1, 0.15) is 6.92 Å². The Morgan fingerprint density at radius 2 is 1.85 bits per heavy atom. The van der Waals surface area contributed by atoms with E-state index in [4.69, 9.17) is 9.47 Å². The molecule has 204 valence electrons. The van der Waals surface area contributed by atoms with E-state index < -0.39 is 26.6 Å². The van der Waals surface area contributed by atoms with Crippen LogP contribution in [0.4, 0.5) is 14.5 Å². The Hall–Kier alpha value is -3.94. The molecular weight excluding hydrogens is 532 g/mol. The number of hydrogen-bond acceptors (Lipinski definition) is 8. The van der Waals surface area contributed by atoms with Gasteiger partial charge in [-0.3, -0.25) is 19.4 Å². The summed E-state index contributed by atoms with van der Waals surface area (Å²) in [5, 5.41) is 3.42. The molecule has 0 radical (unpaired) electrons. The molecule has 0 bridgehead atoms. The zero-order chi connectivity index (χ0) is 27.9. The third-order valence-corrected chi connectivity index (χ3v) is 7.79. The molecule has 39 heavy (non-hydrogen) atoms. The van der Waals surface area contributed by atoms with E-state index in [1.54, 1.807) is 18.2 Å². The van der Waals surface area contributed by atoms with Gasteiger partial charge in [0.2, 0.25) is 5.88 Å². The van der Waals surface area contributed by atoms with Crippen molar-refractivity contribution < 1.29 is 26.7 Å². The summed E-state index contributed by atoms with van der Waals surface area (Å²) in [4.78, 5) is 21.3. The number of nitrogens with one attached hydrogen (secondary N) is 2. The Bertz CT molecular complexity index is 1710. The fourth-order valence-corrected chi connectivity index (χ4v) is 5.49. The van der Waals surface area contributed by atoms with Crippen LogP contribution in [0, 0.1) is 17.6 Å². The summed E-state index contributed by atoms with van der Waals surface area (Å²) in [5.74, 6) is -2.05. The maximum absolute atomic E-state index is 13.7. The molecule has 0 amide bonds. The standard InChI is InChI=1S/C26H25F2N5O5S/c1-14(23-25(29-2)38-23)12-33-13-31-21-5-4-15(6-20(21)26(33)34)16-7-22(24(37-3)30-11-16)32-39(35,36)19-9-17(27)8-18(28)10-19/h4-11,13-14,23,25,29,32H,12H2,1-3H3/t14-,23?,25?/m0/s1. The third kappa shape index (κ3) is 5.46. The molecule has 10 nitrogen and oxygen atoms in total. The van der Waals surface area contributed by atoms with Crippen LogP contribution in [-0.2, 0) is 21.3 Å². The molecule has 3 heterocycles. The number of aromatic nitrogens is 3. The second-order valence-corrected chi connectivity index (χ2v) is 10.9. The minimum atomic E-state index is -4.38. The van der Waals surface area contributed by atoms with Gasteiger partial charge in [0.1, 0.15) is 29.7 Å². The predicted molar refractivity (Wildman–Crippen MR) is 140 cm³/mol. The quantitative estimate of drug-likeness (QED) is 0.301. The minimum Gasteiger partial charge on any atom is -0.480 e. The van der Waals surface area contributed by atoms with Crippen LogP contribution in [-0.4, -0.2) is 49.4 Å². The van der Waals surface area contributed by atoms with Crippen LogP contribution in [0.25, 0.3) is 22.0 Å². The number of likely N-dealkylation sites (N-methyl/N-ethyl adjacent to an activating group) is 1. The Labute approximate surface area is 222 Å². The van der Waals surface area contributed by atoms with Gasteiger partial charge in [0.25, 0.3) is 15.6 Å². The average molecular weight is 558 g/mol. The lowest BCUT2D eigenvalue weighted by Gasteiger charge is -2.14. The van der Waals surface area contributed by atoms with E-state index in [0.717, 1.165) is 0 Å². The highest BCUT2D eigenvalue weighted by Crippen LogP contribution is 2.31. The fourth-order valence-electron chi connectivity index (χ4n) is 4.40. The normalized spacial score (nSPS) is 17.7. The van der Waals surface area contributed by atoms with Crippen molar-refractivity contribution in [1.29, 1.82) is 0 Å². The first kappa shape index (κ1) is 26.7. The van der Waals surface area contributed by atoms with E-state index in [-0.39, 0.29) is 35.4 Å². The van der Waals surface area contributed by atoms with Crippen molar-refractivity contribution in [2.45, 2.75) is 30.7 Å². The summed E-state index contributed by atoms with van der Waals surface area (Å²) in [6, 6.07) is 8.49. The number of ether oxygens (including phenoxy) is 2. The molecule has 1 aliphatic heterocycles. The van der Waals surface area contributed by atoms with Gasteiger partial charge >= 0.3 is 0 Å². The number of methoxy groups -OCH3 is 1. The van der Waals surface area contributed by atoms with E-state index in [1.807, 2.05) is 14.0 Å². The summed E-state index contributed by atoms with van der Waals surface area (Å²) in [6.07, 6.45) is 2.96. The molecule has 13 heteroatoms. The predicted octanol–water partition coefficient (Wildman–Crippen LogP) is 3.13. The number of pyridine rings is 1. The largest absolute Gasteiger partial charge is 0.480 e. The molecule has 1 aliphatic rings. The maximum atomic E-state index is 13.7. The first-order valence-corrected chi connectivity index (χ1v) is 13.4. The van der Waals surface area contributed by atoms with Crippen molar-refractivity contribution in [3.05, 3.63) is 77.0 Å². The van der Waals surface area contributed by atoms with Gasteiger partial charge in [-0.05, 0) is 42.9 Å². The zero-order valence-corrected chi connectivity index (χ0v) is 22.0. The van der Waals surface area contributed by atoms with E-state index in [0.29, 0.717) is 46.8 Å². The molecule has 0 spiro atoms. The topological polar surface area (TPSA) is 128 Å². The lowest BCUT2D eigenvalue weighted by molar-refractivity contribution is 0.300. The Morgan fingerprint density at radius 1 is 1.10 bits per heavy atom. The molecule has 2 unspecified atom stereocenters. The summed E-state index contributed by atoms with van der Waals surface area (Å²) in [7, 11) is -1.27. The molecule has 4 aromatic rings. The second-order valence-electron chi connectivity index (χ2n) is 9.21. The van der Waals surface area contributed by atoms with Crippen LogP contribution >= 0.6 is 0 Å². The van der Waals surface area contributed by atoms with Crippen LogP contribution in [0.5, 0.6) is 5.88 Å². The van der Waals surface area contributed by atoms with Crippen molar-refractivity contribution >= 4 is 26.6 Å². The highest BCUT2D eigenvalue weighted by Gasteiger charge is 2.41. The molecule has 1 saturated heterocycles. The number of epoxide rings is 1. The molecule has 2 N–H and O–H groups in total. The van der Waals surface area contributed by atoms with Crippen LogP contribution in [0.15, 0.2) is 64.7 Å². The van der Waals surface area contributed by atoms with Gasteiger partial charge in [-0.15, -0.1) is 0 Å². The molecular formula is C26H25F2N5O5S. The Morgan fingerprint density at radius 3 is 2.51 bits per heavy atom. The molecule has 0 aliphatic carbocycles. The number of halogens is 2. The molecule has 5 rings (SSSR count).